The highest BCUT2D eigenvalue weighted by atomic mass is 17.0. The van der Waals surface area contributed by atoms with Gasteiger partial charge in [-0.1, -0.05) is 0 Å². The van der Waals surface area contributed by atoms with Crippen molar-refractivity contribution in [1.29, 1.82) is 0 Å². The summed E-state index contributed by atoms with van der Waals surface area (Å²) < 4.78 is 0. The minimum Gasteiger partial charge on any atom is -0.255 e. The molecule has 14 N–H and O–H groups in total. The standard InChI is InChI=1S/7H2O2/c7*1-2/h7*1-2H. The molecule has 14 heavy (non-hydrogen) atoms. The minimum absolute atomic E-state index is 6.00. The van der Waals surface area contributed by atoms with Gasteiger partial charge in [0.25, 0.3) is 0 Å². The number of hydrogen-bond acceptors (Lipinski definition) is 14. The predicted octanol–water partition coefficient (Wildman–Crippen LogP) is 0.122. The third kappa shape index (κ3) is 3980. The molecule has 14 nitrogen and oxygen atoms in total. The van der Waals surface area contributed by atoms with Crippen LogP contribution < -0.4 is 0 Å². The highest BCUT2D eigenvalue weighted by Gasteiger charge is 0.757. The van der Waals surface area contributed by atoms with Gasteiger partial charge in [-0.2, -0.15) is 0 Å². The maximum atomic E-state index is 6.00. The first-order valence-electron chi connectivity index (χ1n) is 1.40. The molecule has 0 aromatic rings. The summed E-state index contributed by atoms with van der Waals surface area (Å²) in [6, 6.07) is 0. The fourth-order valence-electron chi connectivity index (χ4n) is 0. The van der Waals surface area contributed by atoms with Crippen LogP contribution in [-0.2, 0) is 0 Å². The topological polar surface area (TPSA) is 283 Å². The molecule has 0 saturated carbocycles. The summed E-state index contributed by atoms with van der Waals surface area (Å²) >= 11 is 0. The van der Waals surface area contributed by atoms with Crippen molar-refractivity contribution in [3.8, 4) is 0 Å². The van der Waals surface area contributed by atoms with E-state index in [0.29, 0.717) is 0 Å². The van der Waals surface area contributed by atoms with Crippen LogP contribution in [0.15, 0.2) is 0 Å². The summed E-state index contributed by atoms with van der Waals surface area (Å²) in [4.78, 5) is 0. The summed E-state index contributed by atoms with van der Waals surface area (Å²) in [6.45, 7) is 0. The first-order valence-corrected chi connectivity index (χ1v) is 1.40. The van der Waals surface area contributed by atoms with Crippen molar-refractivity contribution in [2.75, 3.05) is 0 Å². The van der Waals surface area contributed by atoms with Crippen LogP contribution in [0.3, 0.4) is 0 Å². The Morgan fingerprint density at radius 3 is 0.143 bits per heavy atom. The average Bonchev–Trinajstić information content (AvgIpc) is 2.45. The zero-order valence-electron chi connectivity index (χ0n) is 6.26. The predicted molar refractivity (Wildman–Crippen MR) is 36.8 cm³/mol. The van der Waals surface area contributed by atoms with E-state index in [0.717, 1.165) is 0 Å². The maximum Gasteiger partial charge on any atom is -0.255 e. The Morgan fingerprint density at radius 2 is 0.143 bits per heavy atom. The molecule has 0 rings (SSSR count). The molecule has 0 aliphatic rings. The Balaban J connectivity index is -0.00000000817. The lowest BCUT2D eigenvalue weighted by atomic mass is 15.0. The van der Waals surface area contributed by atoms with Crippen molar-refractivity contribution in [3.05, 3.63) is 0 Å². The molecular weight excluding hydrogens is 224 g/mol. The van der Waals surface area contributed by atoms with Crippen LogP contribution in [0, 0.1) is 0 Å². The second-order valence-corrected chi connectivity index (χ2v) is 0. The molecule has 0 aromatic carbocycles. The van der Waals surface area contributed by atoms with E-state index in [4.69, 9.17) is 73.6 Å². The molecule has 14 heteroatoms. The normalized spacial score (nSPS) is 3.00. The van der Waals surface area contributed by atoms with Gasteiger partial charge < -0.3 is 0 Å². The van der Waals surface area contributed by atoms with Gasteiger partial charge in [-0.05, 0) is 0 Å². The second kappa shape index (κ2) is 5190. The van der Waals surface area contributed by atoms with Gasteiger partial charge in [0.15, 0.2) is 0 Å². The first-order chi connectivity index (χ1) is 7.00. The van der Waals surface area contributed by atoms with E-state index in [9.17, 15) is 0 Å². The highest BCUT2D eigenvalue weighted by molar-refractivity contribution is 1.84. The first kappa shape index (κ1) is 50.1. The van der Waals surface area contributed by atoms with Crippen molar-refractivity contribution in [3.63, 3.8) is 0 Å². The molecular formula is H14O14. The molecule has 0 amide bonds. The van der Waals surface area contributed by atoms with E-state index >= 15 is 0 Å². The molecule has 0 fully saturated rings. The maximum absolute atomic E-state index is 6.00. The highest BCUT2D eigenvalue weighted by Crippen LogP contribution is 0.723. The van der Waals surface area contributed by atoms with Gasteiger partial charge in [0, 0.05) is 0 Å². The quantitative estimate of drug-likeness (QED) is 0.197. The van der Waals surface area contributed by atoms with Crippen LogP contribution in [0.1, 0.15) is 0 Å². The van der Waals surface area contributed by atoms with Crippen molar-refractivity contribution < 1.29 is 73.6 Å². The molecule has 0 atom stereocenters. The van der Waals surface area contributed by atoms with Crippen molar-refractivity contribution in [1.82, 2.24) is 0 Å². The molecule has 0 aliphatic heterocycles. The van der Waals surface area contributed by atoms with Crippen molar-refractivity contribution >= 4 is 0 Å². The lowest BCUT2D eigenvalue weighted by Gasteiger charge is -1.25. The Bertz CT molecular complexity index is 0. The third-order valence-corrected chi connectivity index (χ3v) is 0. The van der Waals surface area contributed by atoms with Crippen LogP contribution in [0.5, 0.6) is 0 Å². The second-order valence-electron chi connectivity index (χ2n) is 0. The molecule has 0 spiro atoms. The molecule has 0 heterocycles. The van der Waals surface area contributed by atoms with Crippen LogP contribution >= 0.6 is 0 Å². The summed E-state index contributed by atoms with van der Waals surface area (Å²) in [7, 11) is 0. The SMILES string of the molecule is OO.OO.OO.OO.OO.OO.OO. The van der Waals surface area contributed by atoms with Crippen LogP contribution in [0.25, 0.3) is 0 Å². The minimum atomic E-state index is 6.00. The number of rotatable bonds is 0. The molecule has 98 valence electrons. The lowest BCUT2D eigenvalue weighted by molar-refractivity contribution is -0.176. The average molecular weight is 238 g/mol. The van der Waals surface area contributed by atoms with E-state index < -0.39 is 0 Å². The molecule has 0 bridgehead atoms. The molecule has 0 radical (unpaired) electrons. The third-order valence-electron chi connectivity index (χ3n) is 0. The van der Waals surface area contributed by atoms with Crippen molar-refractivity contribution in [2.24, 2.45) is 0 Å². The van der Waals surface area contributed by atoms with Crippen LogP contribution in [0.2, 0.25) is 0 Å². The Morgan fingerprint density at radius 1 is 0.143 bits per heavy atom. The van der Waals surface area contributed by atoms with Gasteiger partial charge in [0.05, 0.1) is 0 Å². The lowest BCUT2D eigenvalue weighted by Crippen LogP contribution is -1.29. The summed E-state index contributed by atoms with van der Waals surface area (Å²) in [5, 5.41) is 84.0. The van der Waals surface area contributed by atoms with Gasteiger partial charge in [-0.3, -0.25) is 73.6 Å². The van der Waals surface area contributed by atoms with E-state index in [2.05, 4.69) is 0 Å². The summed E-state index contributed by atoms with van der Waals surface area (Å²) in [6.07, 6.45) is 0. The molecule has 0 unspecified atom stereocenters. The largest absolute Gasteiger partial charge is 0.255 e. The van der Waals surface area contributed by atoms with Gasteiger partial charge in [0.1, 0.15) is 0 Å². The van der Waals surface area contributed by atoms with Crippen LogP contribution in [-0.4, -0.2) is 73.6 Å². The Kier molecular flexibility index (Phi) is 18600. The van der Waals surface area contributed by atoms with Gasteiger partial charge >= 0.3 is 0 Å². The van der Waals surface area contributed by atoms with E-state index in [1.54, 1.807) is 0 Å². The Hall–Kier alpha value is -0.560. The summed E-state index contributed by atoms with van der Waals surface area (Å²) in [5.74, 6) is 0. The fraction of sp³-hybridized carbons (Fsp3) is 0. The van der Waals surface area contributed by atoms with Gasteiger partial charge in [-0.15, -0.1) is 0 Å². The van der Waals surface area contributed by atoms with Crippen molar-refractivity contribution in [2.45, 2.75) is 0 Å². The fourth-order valence-corrected chi connectivity index (χ4v) is 0. The number of hydrogen-bond donors (Lipinski definition) is 14. The summed E-state index contributed by atoms with van der Waals surface area (Å²) in [5.41, 5.74) is 0. The smallest absolute Gasteiger partial charge is 0.255 e. The van der Waals surface area contributed by atoms with Gasteiger partial charge in [0.2, 0.25) is 0 Å². The zero-order valence-corrected chi connectivity index (χ0v) is 6.26. The molecule has 0 saturated heterocycles. The van der Waals surface area contributed by atoms with Gasteiger partial charge in [-0.25, -0.2) is 0 Å². The monoisotopic (exact) mass is 238 g/mol. The Labute approximate surface area is 75.0 Å². The molecule has 0 aromatic heterocycles. The zero-order chi connectivity index (χ0) is 14.0. The molecule has 0 aliphatic carbocycles. The van der Waals surface area contributed by atoms with E-state index in [1.165, 1.54) is 0 Å². The van der Waals surface area contributed by atoms with E-state index in [1.807, 2.05) is 0 Å². The van der Waals surface area contributed by atoms with Crippen LogP contribution in [0.4, 0.5) is 0 Å². The van der Waals surface area contributed by atoms with E-state index in [-0.39, 0.29) is 0 Å².